The van der Waals surface area contributed by atoms with E-state index in [0.29, 0.717) is 17.1 Å². The molecule has 6 nitrogen and oxygen atoms in total. The Bertz CT molecular complexity index is 1180. The molecule has 0 unspecified atom stereocenters. The number of rotatable bonds is 4. The van der Waals surface area contributed by atoms with Crippen LogP contribution in [0.4, 0.5) is 18.3 Å². The van der Waals surface area contributed by atoms with Crippen LogP contribution < -0.4 is 5.32 Å². The van der Waals surface area contributed by atoms with Crippen molar-refractivity contribution in [3.05, 3.63) is 54.1 Å². The summed E-state index contributed by atoms with van der Waals surface area (Å²) in [5.74, 6) is -0.611. The summed E-state index contributed by atoms with van der Waals surface area (Å²) in [4.78, 5) is 16.2. The Hall–Kier alpha value is -2.50. The van der Waals surface area contributed by atoms with Crippen LogP contribution in [0.25, 0.3) is 10.2 Å². The number of hydrogen-bond donors (Lipinski definition) is 1. The van der Waals surface area contributed by atoms with Gasteiger partial charge >= 0.3 is 6.18 Å². The van der Waals surface area contributed by atoms with Gasteiger partial charge < -0.3 is 5.32 Å². The first-order chi connectivity index (χ1) is 14.2. The van der Waals surface area contributed by atoms with E-state index in [2.05, 4.69) is 10.3 Å². The molecule has 1 aromatic heterocycles. The average molecular weight is 455 g/mol. The third-order valence-electron chi connectivity index (χ3n) is 4.81. The molecule has 1 saturated heterocycles. The zero-order valence-corrected chi connectivity index (χ0v) is 17.0. The summed E-state index contributed by atoms with van der Waals surface area (Å²) in [7, 11) is -4.53. The highest BCUT2D eigenvalue weighted by atomic mass is 32.2. The Balaban J connectivity index is 1.62. The molecule has 158 valence electrons. The normalized spacial score (nSPS) is 18.0. The summed E-state index contributed by atoms with van der Waals surface area (Å²) in [6, 6.07) is 10.1. The van der Waals surface area contributed by atoms with Gasteiger partial charge in [-0.2, -0.15) is 17.5 Å². The van der Waals surface area contributed by atoms with Gasteiger partial charge in [-0.1, -0.05) is 35.6 Å². The minimum Gasteiger partial charge on any atom is -0.301 e. The van der Waals surface area contributed by atoms with E-state index < -0.39 is 38.6 Å². The van der Waals surface area contributed by atoms with E-state index in [4.69, 9.17) is 0 Å². The molecule has 1 fully saturated rings. The van der Waals surface area contributed by atoms with Gasteiger partial charge in [-0.15, -0.1) is 0 Å². The topological polar surface area (TPSA) is 79.4 Å². The molecule has 11 heteroatoms. The lowest BCUT2D eigenvalue weighted by atomic mass is 10.2. The van der Waals surface area contributed by atoms with Crippen LogP contribution in [0, 0.1) is 0 Å². The van der Waals surface area contributed by atoms with Crippen molar-refractivity contribution in [2.24, 2.45) is 0 Å². The molecule has 0 aliphatic carbocycles. The van der Waals surface area contributed by atoms with Gasteiger partial charge in [0.2, 0.25) is 15.9 Å². The molecular weight excluding hydrogens is 439 g/mol. The van der Waals surface area contributed by atoms with Crippen LogP contribution in [0.2, 0.25) is 0 Å². The highest BCUT2D eigenvalue weighted by Crippen LogP contribution is 2.37. The van der Waals surface area contributed by atoms with Crippen LogP contribution in [0.1, 0.15) is 18.4 Å². The van der Waals surface area contributed by atoms with Crippen LogP contribution in [-0.2, 0) is 21.0 Å². The number of carbonyl (C=O) groups is 1. The predicted octanol–water partition coefficient (Wildman–Crippen LogP) is 4.11. The molecule has 3 aromatic rings. The van der Waals surface area contributed by atoms with Gasteiger partial charge in [-0.05, 0) is 37.1 Å². The van der Waals surface area contributed by atoms with Crippen LogP contribution in [0.15, 0.2) is 53.4 Å². The number of alkyl halides is 3. The number of nitrogens with one attached hydrogen (secondary N) is 1. The van der Waals surface area contributed by atoms with E-state index in [0.717, 1.165) is 27.2 Å². The molecular formula is C19H16F3N3O3S2. The second kappa shape index (κ2) is 7.64. The second-order valence-corrected chi connectivity index (χ2v) is 9.63. The van der Waals surface area contributed by atoms with Crippen LogP contribution >= 0.6 is 11.3 Å². The first-order valence-electron chi connectivity index (χ1n) is 9.02. The fourth-order valence-electron chi connectivity index (χ4n) is 3.46. The van der Waals surface area contributed by atoms with Gasteiger partial charge in [0.25, 0.3) is 0 Å². The Morgan fingerprint density at radius 2 is 1.83 bits per heavy atom. The van der Waals surface area contributed by atoms with Crippen molar-refractivity contribution in [3.63, 3.8) is 0 Å². The third kappa shape index (κ3) is 3.80. The molecule has 1 atom stereocenters. The number of halogens is 3. The molecule has 1 aliphatic heterocycles. The van der Waals surface area contributed by atoms with Crippen molar-refractivity contribution >= 4 is 42.6 Å². The molecule has 1 aliphatic rings. The largest absolute Gasteiger partial charge is 0.417 e. The molecule has 0 bridgehead atoms. The lowest BCUT2D eigenvalue weighted by Crippen LogP contribution is -2.43. The molecule has 0 spiro atoms. The molecule has 1 N–H and O–H groups in total. The number of hydrogen-bond acceptors (Lipinski definition) is 5. The van der Waals surface area contributed by atoms with Crippen LogP contribution in [-0.4, -0.2) is 36.2 Å². The van der Waals surface area contributed by atoms with Crippen molar-refractivity contribution < 1.29 is 26.4 Å². The van der Waals surface area contributed by atoms with Crippen molar-refractivity contribution in [3.8, 4) is 0 Å². The molecule has 4 rings (SSSR count). The fraction of sp³-hybridized carbons (Fsp3) is 0.263. The Morgan fingerprint density at radius 3 is 2.57 bits per heavy atom. The van der Waals surface area contributed by atoms with E-state index >= 15 is 0 Å². The number of sulfonamides is 1. The van der Waals surface area contributed by atoms with Gasteiger partial charge in [-0.25, -0.2) is 13.4 Å². The maximum atomic E-state index is 13.3. The van der Waals surface area contributed by atoms with Crippen molar-refractivity contribution in [1.29, 1.82) is 0 Å². The van der Waals surface area contributed by atoms with Gasteiger partial charge in [0, 0.05) is 6.54 Å². The Labute approximate surface area is 174 Å². The predicted molar refractivity (Wildman–Crippen MR) is 107 cm³/mol. The number of benzene rings is 2. The standard InChI is InChI=1S/C19H16F3N3O3S2/c20-19(21,22)12-6-1-4-10-16(12)30(27,28)25-11-5-8-14(25)17(26)24-18-23-13-7-2-3-9-15(13)29-18/h1-4,6-7,9-10,14H,5,8,11H2,(H,23,24,26)/t14-/m0/s1. The van der Waals surface area contributed by atoms with E-state index in [9.17, 15) is 26.4 Å². The monoisotopic (exact) mass is 455 g/mol. The fourth-order valence-corrected chi connectivity index (χ4v) is 6.20. The first kappa shape index (κ1) is 20.8. The number of aromatic nitrogens is 1. The Morgan fingerprint density at radius 1 is 1.13 bits per heavy atom. The lowest BCUT2D eigenvalue weighted by Gasteiger charge is -2.24. The summed E-state index contributed by atoms with van der Waals surface area (Å²) in [6.45, 7) is -0.0353. The number of fused-ring (bicyclic) bond motifs is 1. The summed E-state index contributed by atoms with van der Waals surface area (Å²) < 4.78 is 67.8. The summed E-state index contributed by atoms with van der Waals surface area (Å²) >= 11 is 1.24. The van der Waals surface area contributed by atoms with E-state index in [1.54, 1.807) is 12.1 Å². The number of para-hydroxylation sites is 1. The van der Waals surface area contributed by atoms with Crippen molar-refractivity contribution in [2.45, 2.75) is 30.0 Å². The smallest absolute Gasteiger partial charge is 0.301 e. The summed E-state index contributed by atoms with van der Waals surface area (Å²) in [5, 5.41) is 2.92. The van der Waals surface area contributed by atoms with Gasteiger partial charge in [-0.3, -0.25) is 4.79 Å². The van der Waals surface area contributed by atoms with Gasteiger partial charge in [0.05, 0.1) is 20.7 Å². The third-order valence-corrected chi connectivity index (χ3v) is 7.73. The highest BCUT2D eigenvalue weighted by molar-refractivity contribution is 7.89. The summed E-state index contributed by atoms with van der Waals surface area (Å²) in [6.07, 6.45) is -4.25. The van der Waals surface area contributed by atoms with E-state index in [1.165, 1.54) is 17.4 Å². The minimum absolute atomic E-state index is 0.0353. The zero-order chi connectivity index (χ0) is 21.5. The first-order valence-corrected chi connectivity index (χ1v) is 11.3. The van der Waals surface area contributed by atoms with Crippen molar-refractivity contribution in [2.75, 3.05) is 11.9 Å². The van der Waals surface area contributed by atoms with Crippen LogP contribution in [0.3, 0.4) is 0 Å². The number of amides is 1. The van der Waals surface area contributed by atoms with E-state index in [1.807, 2.05) is 12.1 Å². The summed E-state index contributed by atoms with van der Waals surface area (Å²) in [5.41, 5.74) is -0.560. The average Bonchev–Trinajstić information content (AvgIpc) is 3.34. The molecule has 2 heterocycles. The number of nitrogens with zero attached hydrogens (tertiary/aromatic N) is 2. The number of carbonyl (C=O) groups excluding carboxylic acids is 1. The molecule has 0 radical (unpaired) electrons. The van der Waals surface area contributed by atoms with Gasteiger partial charge in [0.15, 0.2) is 5.13 Å². The lowest BCUT2D eigenvalue weighted by molar-refractivity contribution is -0.139. The quantitative estimate of drug-likeness (QED) is 0.642. The minimum atomic E-state index is -4.83. The van der Waals surface area contributed by atoms with Crippen LogP contribution in [0.5, 0.6) is 0 Å². The maximum Gasteiger partial charge on any atom is 0.417 e. The highest BCUT2D eigenvalue weighted by Gasteiger charge is 2.44. The maximum absolute atomic E-state index is 13.3. The Kier molecular flexibility index (Phi) is 5.28. The zero-order valence-electron chi connectivity index (χ0n) is 15.4. The van der Waals surface area contributed by atoms with Crippen molar-refractivity contribution in [1.82, 2.24) is 9.29 Å². The molecule has 2 aromatic carbocycles. The number of thiazole rings is 1. The number of anilines is 1. The van der Waals surface area contributed by atoms with E-state index in [-0.39, 0.29) is 13.0 Å². The van der Waals surface area contributed by atoms with Gasteiger partial charge in [0.1, 0.15) is 6.04 Å². The molecule has 0 saturated carbocycles. The second-order valence-electron chi connectivity index (χ2n) is 6.74. The molecule has 1 amide bonds. The molecule has 30 heavy (non-hydrogen) atoms. The SMILES string of the molecule is O=C(Nc1nc2ccccc2s1)[C@@H]1CCCN1S(=O)(=O)c1ccccc1C(F)(F)F.